The lowest BCUT2D eigenvalue weighted by Crippen LogP contribution is -1.93. The van der Waals surface area contributed by atoms with E-state index in [9.17, 15) is 0 Å². The minimum atomic E-state index is -0.0879. The molecule has 14 heavy (non-hydrogen) atoms. The topological polar surface area (TPSA) is 9.23 Å². The molecule has 0 saturated heterocycles. The molecule has 0 N–H and O–H groups in total. The molecule has 0 aliphatic carbocycles. The first-order valence-corrected chi connectivity index (χ1v) is 4.84. The standard InChI is InChI=1S/C11H11Cl2O/c1-4-7(2)9-5-8(14-3)6-10(12)11(9)13/h4-7H,1-2H2,3H3. The summed E-state index contributed by atoms with van der Waals surface area (Å²) in [7, 11) is 1.58. The molecule has 1 unspecified atom stereocenters. The first-order chi connectivity index (χ1) is 6.60. The summed E-state index contributed by atoms with van der Waals surface area (Å²) < 4.78 is 5.08. The van der Waals surface area contributed by atoms with Crippen LogP contribution in [0.5, 0.6) is 5.75 Å². The molecule has 0 fully saturated rings. The van der Waals surface area contributed by atoms with Gasteiger partial charge in [0.15, 0.2) is 0 Å². The highest BCUT2D eigenvalue weighted by Crippen LogP contribution is 2.35. The molecule has 1 rings (SSSR count). The van der Waals surface area contributed by atoms with Crippen LogP contribution in [-0.2, 0) is 0 Å². The fraction of sp³-hybridized carbons (Fsp3) is 0.182. The van der Waals surface area contributed by atoms with Crippen molar-refractivity contribution < 1.29 is 4.74 Å². The van der Waals surface area contributed by atoms with Crippen molar-refractivity contribution in [1.82, 2.24) is 0 Å². The number of ether oxygens (including phenoxy) is 1. The van der Waals surface area contributed by atoms with E-state index in [0.717, 1.165) is 5.56 Å². The number of halogens is 2. The fourth-order valence-electron chi connectivity index (χ4n) is 1.10. The zero-order valence-electron chi connectivity index (χ0n) is 7.89. The van der Waals surface area contributed by atoms with Crippen LogP contribution in [0.2, 0.25) is 10.0 Å². The van der Waals surface area contributed by atoms with Gasteiger partial charge in [0.25, 0.3) is 0 Å². The van der Waals surface area contributed by atoms with Crippen LogP contribution in [0.4, 0.5) is 0 Å². The van der Waals surface area contributed by atoms with Crippen molar-refractivity contribution in [3.05, 3.63) is 47.3 Å². The summed E-state index contributed by atoms with van der Waals surface area (Å²) in [6, 6.07) is 3.48. The van der Waals surface area contributed by atoms with Crippen LogP contribution < -0.4 is 4.74 Å². The summed E-state index contributed by atoms with van der Waals surface area (Å²) in [6.07, 6.45) is 1.71. The van der Waals surface area contributed by atoms with Crippen molar-refractivity contribution in [3.8, 4) is 5.75 Å². The minimum absolute atomic E-state index is 0.0879. The molecular formula is C11H11Cl2O. The van der Waals surface area contributed by atoms with Gasteiger partial charge in [0.1, 0.15) is 5.75 Å². The highest BCUT2D eigenvalue weighted by atomic mass is 35.5. The lowest BCUT2D eigenvalue weighted by atomic mass is 10.0. The average molecular weight is 230 g/mol. The van der Waals surface area contributed by atoms with Crippen molar-refractivity contribution in [2.75, 3.05) is 7.11 Å². The Labute approximate surface area is 94.3 Å². The maximum Gasteiger partial charge on any atom is 0.120 e. The van der Waals surface area contributed by atoms with E-state index in [4.69, 9.17) is 27.9 Å². The van der Waals surface area contributed by atoms with Gasteiger partial charge in [-0.25, -0.2) is 0 Å². The number of methoxy groups -OCH3 is 1. The Morgan fingerprint density at radius 2 is 2.07 bits per heavy atom. The van der Waals surface area contributed by atoms with Gasteiger partial charge in [-0.05, 0) is 18.6 Å². The quantitative estimate of drug-likeness (QED) is 0.710. The van der Waals surface area contributed by atoms with Gasteiger partial charge in [0.2, 0.25) is 0 Å². The third-order valence-electron chi connectivity index (χ3n) is 1.95. The predicted molar refractivity (Wildman–Crippen MR) is 61.3 cm³/mol. The Bertz CT molecular complexity index is 347. The predicted octanol–water partition coefficient (Wildman–Crippen LogP) is 4.11. The molecule has 0 aliphatic rings. The maximum absolute atomic E-state index is 6.02. The molecule has 0 spiro atoms. The van der Waals surface area contributed by atoms with E-state index in [1.54, 1.807) is 19.3 Å². The molecule has 1 radical (unpaired) electrons. The number of hydrogen-bond donors (Lipinski definition) is 0. The van der Waals surface area contributed by atoms with Crippen LogP contribution in [0.1, 0.15) is 11.5 Å². The Balaban J connectivity index is 3.26. The van der Waals surface area contributed by atoms with Crippen LogP contribution in [0.25, 0.3) is 0 Å². The van der Waals surface area contributed by atoms with E-state index >= 15 is 0 Å². The van der Waals surface area contributed by atoms with Gasteiger partial charge in [0, 0.05) is 12.0 Å². The van der Waals surface area contributed by atoms with Crippen molar-refractivity contribution in [2.45, 2.75) is 5.92 Å². The molecule has 0 heterocycles. The van der Waals surface area contributed by atoms with Gasteiger partial charge in [-0.2, -0.15) is 0 Å². The second-order valence-corrected chi connectivity index (χ2v) is 3.64. The molecule has 0 bridgehead atoms. The Morgan fingerprint density at radius 1 is 1.43 bits per heavy atom. The van der Waals surface area contributed by atoms with Crippen LogP contribution >= 0.6 is 23.2 Å². The highest BCUT2D eigenvalue weighted by Gasteiger charge is 2.11. The van der Waals surface area contributed by atoms with E-state index in [0.29, 0.717) is 15.8 Å². The van der Waals surface area contributed by atoms with E-state index in [1.165, 1.54) is 0 Å². The van der Waals surface area contributed by atoms with Gasteiger partial charge < -0.3 is 4.74 Å². The van der Waals surface area contributed by atoms with Gasteiger partial charge >= 0.3 is 0 Å². The number of hydrogen-bond acceptors (Lipinski definition) is 1. The second kappa shape index (κ2) is 4.72. The lowest BCUT2D eigenvalue weighted by molar-refractivity contribution is 0.414. The molecule has 1 aromatic rings. The third kappa shape index (κ3) is 2.23. The van der Waals surface area contributed by atoms with Crippen LogP contribution in [0.3, 0.4) is 0 Å². The largest absolute Gasteiger partial charge is 0.497 e. The molecule has 3 heteroatoms. The second-order valence-electron chi connectivity index (χ2n) is 2.85. The first kappa shape index (κ1) is 11.4. The molecular weight excluding hydrogens is 219 g/mol. The molecule has 75 valence electrons. The van der Waals surface area contributed by atoms with E-state index in [1.807, 2.05) is 6.07 Å². The average Bonchev–Trinajstić information content (AvgIpc) is 2.20. The number of rotatable bonds is 3. The summed E-state index contributed by atoms with van der Waals surface area (Å²) in [5.74, 6) is 0.583. The van der Waals surface area contributed by atoms with Crippen molar-refractivity contribution >= 4 is 23.2 Å². The molecule has 0 saturated carbocycles. The monoisotopic (exact) mass is 229 g/mol. The van der Waals surface area contributed by atoms with Crippen molar-refractivity contribution in [1.29, 1.82) is 0 Å². The molecule has 0 aromatic heterocycles. The zero-order valence-corrected chi connectivity index (χ0v) is 9.40. The van der Waals surface area contributed by atoms with E-state index in [2.05, 4.69) is 13.5 Å². The third-order valence-corrected chi connectivity index (χ3v) is 2.77. The summed E-state index contributed by atoms with van der Waals surface area (Å²) in [5, 5.41) is 0.976. The Kier molecular flexibility index (Phi) is 3.85. The van der Waals surface area contributed by atoms with E-state index in [-0.39, 0.29) is 5.92 Å². The fourth-order valence-corrected chi connectivity index (χ4v) is 1.56. The van der Waals surface area contributed by atoms with Crippen LogP contribution in [0.15, 0.2) is 24.8 Å². The summed E-state index contributed by atoms with van der Waals surface area (Å²) in [5.41, 5.74) is 0.825. The normalized spacial score (nSPS) is 12.3. The molecule has 1 atom stereocenters. The summed E-state index contributed by atoms with van der Waals surface area (Å²) >= 11 is 11.9. The minimum Gasteiger partial charge on any atom is -0.497 e. The Morgan fingerprint density at radius 3 is 2.57 bits per heavy atom. The molecule has 1 aromatic carbocycles. The van der Waals surface area contributed by atoms with Gasteiger partial charge in [-0.1, -0.05) is 29.3 Å². The zero-order chi connectivity index (χ0) is 10.7. The molecule has 0 amide bonds. The summed E-state index contributed by atoms with van der Waals surface area (Å²) in [6.45, 7) is 7.55. The highest BCUT2D eigenvalue weighted by molar-refractivity contribution is 6.42. The number of allylic oxidation sites excluding steroid dienone is 1. The first-order valence-electron chi connectivity index (χ1n) is 4.08. The van der Waals surface area contributed by atoms with Gasteiger partial charge in [-0.15, -0.1) is 6.58 Å². The van der Waals surface area contributed by atoms with E-state index < -0.39 is 0 Å². The lowest BCUT2D eigenvalue weighted by Gasteiger charge is -2.12. The van der Waals surface area contributed by atoms with Gasteiger partial charge in [0.05, 0.1) is 17.2 Å². The van der Waals surface area contributed by atoms with Gasteiger partial charge in [-0.3, -0.25) is 0 Å². The maximum atomic E-state index is 6.02. The Hall–Kier alpha value is -0.660. The molecule has 0 aliphatic heterocycles. The van der Waals surface area contributed by atoms with Crippen LogP contribution in [0, 0.1) is 6.92 Å². The van der Waals surface area contributed by atoms with Crippen molar-refractivity contribution in [3.63, 3.8) is 0 Å². The molecule has 1 nitrogen and oxygen atoms in total. The van der Waals surface area contributed by atoms with Crippen molar-refractivity contribution in [2.24, 2.45) is 0 Å². The smallest absolute Gasteiger partial charge is 0.120 e. The summed E-state index contributed by atoms with van der Waals surface area (Å²) in [4.78, 5) is 0. The van der Waals surface area contributed by atoms with Crippen LogP contribution in [-0.4, -0.2) is 7.11 Å². The number of benzene rings is 1. The SMILES string of the molecule is [CH2]C(C=C)c1cc(OC)cc(Cl)c1Cl.